The highest BCUT2D eigenvalue weighted by atomic mass is 79.9. The highest BCUT2D eigenvalue weighted by Crippen LogP contribution is 2.37. The molecular formula is C15H14BrN. The van der Waals surface area contributed by atoms with Crippen LogP contribution in [0.5, 0.6) is 0 Å². The number of alkyl halides is 1. The number of benzene rings is 2. The maximum absolute atomic E-state index is 3.82. The molecule has 0 aromatic heterocycles. The van der Waals surface area contributed by atoms with Crippen LogP contribution < -0.4 is 4.90 Å². The first-order valence-electron chi connectivity index (χ1n) is 5.90. The average molecular weight is 288 g/mol. The number of hydrogen-bond donors (Lipinski definition) is 0. The fourth-order valence-electron chi connectivity index (χ4n) is 2.40. The van der Waals surface area contributed by atoms with Crippen LogP contribution in [0.15, 0.2) is 54.6 Å². The summed E-state index contributed by atoms with van der Waals surface area (Å²) in [6, 6.07) is 19.3. The zero-order valence-electron chi connectivity index (χ0n) is 9.51. The van der Waals surface area contributed by atoms with E-state index in [0.29, 0.717) is 0 Å². The summed E-state index contributed by atoms with van der Waals surface area (Å²) in [6.07, 6.45) is 1.12. The maximum atomic E-state index is 3.82. The molecule has 17 heavy (non-hydrogen) atoms. The molecular weight excluding hydrogens is 274 g/mol. The molecule has 0 bridgehead atoms. The molecule has 86 valence electrons. The van der Waals surface area contributed by atoms with Crippen molar-refractivity contribution in [1.82, 2.24) is 0 Å². The molecule has 0 fully saturated rings. The summed E-state index contributed by atoms with van der Waals surface area (Å²) in [5.74, 6) is 0. The van der Waals surface area contributed by atoms with Crippen molar-refractivity contribution in [3.63, 3.8) is 0 Å². The lowest BCUT2D eigenvalue weighted by atomic mass is 9.99. The Morgan fingerprint density at radius 2 is 1.65 bits per heavy atom. The van der Waals surface area contributed by atoms with Gasteiger partial charge in [0, 0.05) is 12.2 Å². The molecule has 1 atom stereocenters. The number of fused-ring (bicyclic) bond motifs is 1. The Hall–Kier alpha value is -1.28. The number of rotatable bonds is 1. The van der Waals surface area contributed by atoms with Crippen LogP contribution in [0.1, 0.15) is 16.1 Å². The lowest BCUT2D eigenvalue weighted by Gasteiger charge is -2.35. The first-order chi connectivity index (χ1) is 8.36. The SMILES string of the molecule is BrC1c2ccccc2CCN1c1ccccc1. The van der Waals surface area contributed by atoms with Crippen LogP contribution in [-0.4, -0.2) is 6.54 Å². The van der Waals surface area contributed by atoms with E-state index in [4.69, 9.17) is 0 Å². The van der Waals surface area contributed by atoms with Crippen molar-refractivity contribution >= 4 is 21.6 Å². The minimum absolute atomic E-state index is 0.287. The van der Waals surface area contributed by atoms with Gasteiger partial charge in [-0.2, -0.15) is 0 Å². The van der Waals surface area contributed by atoms with E-state index in [2.05, 4.69) is 75.4 Å². The normalized spacial score (nSPS) is 18.9. The number of hydrogen-bond acceptors (Lipinski definition) is 1. The number of para-hydroxylation sites is 1. The zero-order chi connectivity index (χ0) is 11.7. The Morgan fingerprint density at radius 3 is 2.47 bits per heavy atom. The zero-order valence-corrected chi connectivity index (χ0v) is 11.1. The average Bonchev–Trinajstić information content (AvgIpc) is 2.40. The highest BCUT2D eigenvalue weighted by Gasteiger charge is 2.24. The molecule has 0 saturated carbocycles. The molecule has 2 aromatic rings. The van der Waals surface area contributed by atoms with Gasteiger partial charge >= 0.3 is 0 Å². The van der Waals surface area contributed by atoms with Gasteiger partial charge in [0.15, 0.2) is 0 Å². The molecule has 1 nitrogen and oxygen atoms in total. The molecule has 0 amide bonds. The smallest absolute Gasteiger partial charge is 0.110 e. The second-order valence-corrected chi connectivity index (χ2v) is 5.18. The van der Waals surface area contributed by atoms with Crippen LogP contribution >= 0.6 is 15.9 Å². The standard InChI is InChI=1S/C15H14BrN/c16-15-14-9-5-4-6-12(14)10-11-17(15)13-7-2-1-3-8-13/h1-9,15H,10-11H2. The number of anilines is 1. The second kappa shape index (κ2) is 4.53. The van der Waals surface area contributed by atoms with Crippen LogP contribution in [0.2, 0.25) is 0 Å². The molecule has 0 aliphatic carbocycles. The van der Waals surface area contributed by atoms with Crippen molar-refractivity contribution in [2.24, 2.45) is 0 Å². The van der Waals surface area contributed by atoms with Gasteiger partial charge in [0.05, 0.1) is 0 Å². The van der Waals surface area contributed by atoms with Gasteiger partial charge in [-0.25, -0.2) is 0 Å². The molecule has 0 spiro atoms. The van der Waals surface area contributed by atoms with E-state index < -0.39 is 0 Å². The van der Waals surface area contributed by atoms with Crippen molar-refractivity contribution in [2.75, 3.05) is 11.4 Å². The summed E-state index contributed by atoms with van der Waals surface area (Å²) in [5.41, 5.74) is 4.13. The molecule has 0 N–H and O–H groups in total. The van der Waals surface area contributed by atoms with Crippen LogP contribution in [0.3, 0.4) is 0 Å². The van der Waals surface area contributed by atoms with E-state index in [1.54, 1.807) is 0 Å². The van der Waals surface area contributed by atoms with Crippen LogP contribution in [0, 0.1) is 0 Å². The Bertz CT molecular complexity index is 509. The lowest BCUT2D eigenvalue weighted by Crippen LogP contribution is -2.32. The fourth-order valence-corrected chi connectivity index (χ4v) is 3.28. The van der Waals surface area contributed by atoms with Gasteiger partial charge in [0.1, 0.15) is 4.95 Å². The molecule has 3 rings (SSSR count). The predicted octanol–water partition coefficient (Wildman–Crippen LogP) is 4.14. The van der Waals surface area contributed by atoms with E-state index >= 15 is 0 Å². The fraction of sp³-hybridized carbons (Fsp3) is 0.200. The summed E-state index contributed by atoms with van der Waals surface area (Å²) < 4.78 is 0. The minimum atomic E-state index is 0.287. The van der Waals surface area contributed by atoms with Gasteiger partial charge in [0.25, 0.3) is 0 Å². The molecule has 0 radical (unpaired) electrons. The van der Waals surface area contributed by atoms with E-state index in [1.165, 1.54) is 16.8 Å². The van der Waals surface area contributed by atoms with Crippen molar-refractivity contribution in [2.45, 2.75) is 11.4 Å². The second-order valence-electron chi connectivity index (χ2n) is 4.31. The van der Waals surface area contributed by atoms with Crippen LogP contribution in [-0.2, 0) is 6.42 Å². The predicted molar refractivity (Wildman–Crippen MR) is 75.6 cm³/mol. The van der Waals surface area contributed by atoms with E-state index in [1.807, 2.05) is 0 Å². The third-order valence-corrected chi connectivity index (χ3v) is 4.28. The Morgan fingerprint density at radius 1 is 0.941 bits per heavy atom. The van der Waals surface area contributed by atoms with E-state index in [0.717, 1.165) is 13.0 Å². The summed E-state index contributed by atoms with van der Waals surface area (Å²) in [5, 5.41) is 0. The quantitative estimate of drug-likeness (QED) is 0.563. The Balaban J connectivity index is 1.97. The Labute approximate surface area is 110 Å². The summed E-state index contributed by atoms with van der Waals surface area (Å²) >= 11 is 3.82. The summed E-state index contributed by atoms with van der Waals surface area (Å²) in [4.78, 5) is 2.69. The Kier molecular flexibility index (Phi) is 2.89. The molecule has 2 aromatic carbocycles. The van der Waals surface area contributed by atoms with Crippen molar-refractivity contribution in [3.8, 4) is 0 Å². The largest absolute Gasteiger partial charge is 0.355 e. The monoisotopic (exact) mass is 287 g/mol. The molecule has 1 unspecified atom stereocenters. The van der Waals surface area contributed by atoms with Crippen molar-refractivity contribution in [3.05, 3.63) is 65.7 Å². The van der Waals surface area contributed by atoms with Crippen molar-refractivity contribution < 1.29 is 0 Å². The highest BCUT2D eigenvalue weighted by molar-refractivity contribution is 9.09. The first kappa shape index (κ1) is 10.8. The van der Waals surface area contributed by atoms with Crippen LogP contribution in [0.25, 0.3) is 0 Å². The van der Waals surface area contributed by atoms with Gasteiger partial charge in [-0.3, -0.25) is 0 Å². The van der Waals surface area contributed by atoms with Gasteiger partial charge in [-0.1, -0.05) is 58.4 Å². The molecule has 1 aliphatic rings. The maximum Gasteiger partial charge on any atom is 0.110 e. The number of halogens is 1. The number of nitrogens with zero attached hydrogens (tertiary/aromatic N) is 1. The van der Waals surface area contributed by atoms with E-state index in [-0.39, 0.29) is 4.95 Å². The third kappa shape index (κ3) is 1.98. The van der Waals surface area contributed by atoms with Crippen LogP contribution in [0.4, 0.5) is 5.69 Å². The van der Waals surface area contributed by atoms with Crippen molar-refractivity contribution in [1.29, 1.82) is 0 Å². The topological polar surface area (TPSA) is 3.24 Å². The molecule has 1 aliphatic heterocycles. The van der Waals surface area contributed by atoms with Gasteiger partial charge < -0.3 is 4.90 Å². The van der Waals surface area contributed by atoms with Gasteiger partial charge in [0.2, 0.25) is 0 Å². The summed E-state index contributed by atoms with van der Waals surface area (Å²) in [7, 11) is 0. The third-order valence-electron chi connectivity index (χ3n) is 3.30. The van der Waals surface area contributed by atoms with E-state index in [9.17, 15) is 0 Å². The first-order valence-corrected chi connectivity index (χ1v) is 6.81. The van der Waals surface area contributed by atoms with Gasteiger partial charge in [-0.15, -0.1) is 0 Å². The molecule has 1 heterocycles. The lowest BCUT2D eigenvalue weighted by molar-refractivity contribution is 0.726. The minimum Gasteiger partial charge on any atom is -0.355 e. The summed E-state index contributed by atoms with van der Waals surface area (Å²) in [6.45, 7) is 1.07. The van der Waals surface area contributed by atoms with Gasteiger partial charge in [-0.05, 0) is 29.7 Å². The molecule has 2 heteroatoms. The molecule has 0 saturated heterocycles.